The molecule has 0 saturated carbocycles. The molecule has 0 atom stereocenters. The van der Waals surface area contributed by atoms with Crippen molar-refractivity contribution in [2.75, 3.05) is 0 Å². The molecule has 4 aromatic heterocycles. The number of aromatic nitrogens is 5. The van der Waals surface area contributed by atoms with Gasteiger partial charge in [0.2, 0.25) is 0 Å². The van der Waals surface area contributed by atoms with Crippen LogP contribution in [-0.2, 0) is 0 Å². The van der Waals surface area contributed by atoms with Crippen LogP contribution < -0.4 is 0 Å². The van der Waals surface area contributed by atoms with Crippen LogP contribution in [0.3, 0.4) is 0 Å². The van der Waals surface area contributed by atoms with Gasteiger partial charge in [0, 0.05) is 49.5 Å². The van der Waals surface area contributed by atoms with Crippen LogP contribution in [0.2, 0.25) is 0 Å². The van der Waals surface area contributed by atoms with E-state index in [1.807, 2.05) is 72.0 Å². The monoisotopic (exact) mass is 707 g/mol. The molecular weight excluding hydrogens is 679 g/mol. The van der Waals surface area contributed by atoms with Gasteiger partial charge in [0.25, 0.3) is 0 Å². The minimum atomic E-state index is 0.635. The fourth-order valence-electron chi connectivity index (χ4n) is 7.68. The van der Waals surface area contributed by atoms with Gasteiger partial charge in [-0.25, -0.2) is 19.9 Å². The molecule has 0 N–H and O–H groups in total. The SMILES string of the molecule is c1ccc(-c2nc(-c3ccccc3)nc(-c3ccc(-n4c5ccccc5c5c6c(sc54)c(-c4ccc5ccccc5c4)nc4ccccc46)cc3)n2)cc1. The second-order valence-corrected chi connectivity index (χ2v) is 14.5. The third-order valence-corrected chi connectivity index (χ3v) is 11.4. The smallest absolute Gasteiger partial charge is 0.164 e. The molecule has 0 fully saturated rings. The molecule has 4 heterocycles. The molecule has 0 unspecified atom stereocenters. The van der Waals surface area contributed by atoms with Gasteiger partial charge in [-0.2, -0.15) is 0 Å². The molecule has 0 aliphatic heterocycles. The fourth-order valence-corrected chi connectivity index (χ4v) is 9.06. The van der Waals surface area contributed by atoms with Crippen LogP contribution in [0.1, 0.15) is 0 Å². The Morgan fingerprint density at radius 3 is 1.67 bits per heavy atom. The Bertz CT molecular complexity index is 3140. The van der Waals surface area contributed by atoms with Crippen LogP contribution in [0.15, 0.2) is 176 Å². The van der Waals surface area contributed by atoms with Gasteiger partial charge in [0.15, 0.2) is 17.5 Å². The van der Waals surface area contributed by atoms with Crippen LogP contribution >= 0.6 is 11.3 Å². The van der Waals surface area contributed by atoms with Crippen molar-refractivity contribution in [2.45, 2.75) is 0 Å². The molecule has 7 aromatic carbocycles. The molecule has 0 aliphatic rings. The Kier molecular flexibility index (Phi) is 6.97. The van der Waals surface area contributed by atoms with Crippen molar-refractivity contribution >= 4 is 64.2 Å². The molecule has 0 spiro atoms. The lowest BCUT2D eigenvalue weighted by Crippen LogP contribution is -2.00. The maximum absolute atomic E-state index is 5.32. The van der Waals surface area contributed by atoms with E-state index in [-0.39, 0.29) is 0 Å². The summed E-state index contributed by atoms with van der Waals surface area (Å²) in [7, 11) is 0. The Labute approximate surface area is 314 Å². The van der Waals surface area contributed by atoms with E-state index in [9.17, 15) is 0 Å². The van der Waals surface area contributed by atoms with E-state index in [1.165, 1.54) is 47.4 Å². The van der Waals surface area contributed by atoms with Crippen LogP contribution in [0.5, 0.6) is 0 Å². The first-order chi connectivity index (χ1) is 26.8. The molecule has 0 amide bonds. The number of hydrogen-bond donors (Lipinski definition) is 0. The van der Waals surface area contributed by atoms with Gasteiger partial charge in [-0.05, 0) is 53.2 Å². The average molecular weight is 708 g/mol. The first kappa shape index (κ1) is 30.6. The first-order valence-electron chi connectivity index (χ1n) is 18.0. The van der Waals surface area contributed by atoms with E-state index in [0.29, 0.717) is 17.5 Å². The van der Waals surface area contributed by atoms with Crippen LogP contribution in [0, 0.1) is 0 Å². The molecule has 252 valence electrons. The van der Waals surface area contributed by atoms with E-state index >= 15 is 0 Å². The molecular formula is C48H29N5S. The third-order valence-electron chi connectivity index (χ3n) is 10.2. The van der Waals surface area contributed by atoms with Crippen molar-refractivity contribution < 1.29 is 0 Å². The lowest BCUT2D eigenvalue weighted by molar-refractivity contribution is 1.07. The summed E-state index contributed by atoms with van der Waals surface area (Å²) in [4.78, 5) is 21.3. The number of para-hydroxylation sites is 2. The van der Waals surface area contributed by atoms with Crippen LogP contribution in [-0.4, -0.2) is 24.5 Å². The molecule has 11 rings (SSSR count). The van der Waals surface area contributed by atoms with E-state index in [4.69, 9.17) is 19.9 Å². The molecule has 6 heteroatoms. The number of fused-ring (bicyclic) bond motifs is 8. The minimum absolute atomic E-state index is 0.635. The Morgan fingerprint density at radius 1 is 0.407 bits per heavy atom. The first-order valence-corrected chi connectivity index (χ1v) is 18.8. The Balaban J connectivity index is 1.11. The van der Waals surface area contributed by atoms with Crippen molar-refractivity contribution in [2.24, 2.45) is 0 Å². The number of hydrogen-bond acceptors (Lipinski definition) is 5. The number of benzene rings is 7. The highest BCUT2D eigenvalue weighted by molar-refractivity contribution is 7.26. The quantitative estimate of drug-likeness (QED) is 0.179. The topological polar surface area (TPSA) is 56.5 Å². The molecule has 0 aliphatic carbocycles. The normalized spacial score (nSPS) is 11.7. The minimum Gasteiger partial charge on any atom is -0.301 e. The van der Waals surface area contributed by atoms with Crippen molar-refractivity contribution in [3.8, 4) is 51.1 Å². The van der Waals surface area contributed by atoms with Crippen molar-refractivity contribution in [3.05, 3.63) is 176 Å². The fraction of sp³-hybridized carbons (Fsp3) is 0. The molecule has 0 saturated heterocycles. The lowest BCUT2D eigenvalue weighted by Gasteiger charge is -2.10. The van der Waals surface area contributed by atoms with Crippen molar-refractivity contribution in [3.63, 3.8) is 0 Å². The van der Waals surface area contributed by atoms with E-state index < -0.39 is 0 Å². The summed E-state index contributed by atoms with van der Waals surface area (Å²) in [6.45, 7) is 0. The van der Waals surface area contributed by atoms with Gasteiger partial charge in [0.05, 0.1) is 21.4 Å². The van der Waals surface area contributed by atoms with Gasteiger partial charge in [-0.15, -0.1) is 11.3 Å². The highest BCUT2D eigenvalue weighted by Crippen LogP contribution is 2.47. The van der Waals surface area contributed by atoms with Crippen molar-refractivity contribution in [1.82, 2.24) is 24.5 Å². The maximum Gasteiger partial charge on any atom is 0.164 e. The predicted octanol–water partition coefficient (Wildman–Crippen LogP) is 12.6. The van der Waals surface area contributed by atoms with Gasteiger partial charge in [-0.1, -0.05) is 133 Å². The van der Waals surface area contributed by atoms with E-state index in [0.717, 1.165) is 39.2 Å². The van der Waals surface area contributed by atoms with Crippen LogP contribution in [0.25, 0.3) is 104 Å². The highest BCUT2D eigenvalue weighted by Gasteiger charge is 2.23. The van der Waals surface area contributed by atoms with Gasteiger partial charge >= 0.3 is 0 Å². The average Bonchev–Trinajstić information content (AvgIpc) is 3.79. The Hall–Kier alpha value is -7.02. The summed E-state index contributed by atoms with van der Waals surface area (Å²) in [6, 6.07) is 61.3. The highest BCUT2D eigenvalue weighted by atomic mass is 32.1. The number of pyridine rings is 1. The zero-order valence-corrected chi connectivity index (χ0v) is 29.7. The lowest BCUT2D eigenvalue weighted by atomic mass is 10.0. The second kappa shape index (κ2) is 12.3. The maximum atomic E-state index is 5.32. The van der Waals surface area contributed by atoms with Crippen molar-refractivity contribution in [1.29, 1.82) is 0 Å². The van der Waals surface area contributed by atoms with E-state index in [1.54, 1.807) is 0 Å². The third kappa shape index (κ3) is 4.92. The Morgan fingerprint density at radius 2 is 0.963 bits per heavy atom. The standard InChI is InChI=1S/C48H29N5S/c1-3-14-31(15-4-1)45-50-46(32-16-5-2-6-17-32)52-47(51-45)33-25-27-36(28-26-33)53-40-22-12-10-20-38(40)42-41-37-19-9-11-21-39(37)49-43(44(41)54-48(42)53)35-24-23-30-13-7-8-18-34(30)29-35/h1-29H. The molecule has 11 aromatic rings. The second-order valence-electron chi connectivity index (χ2n) is 13.5. The summed E-state index contributed by atoms with van der Waals surface area (Å²) < 4.78 is 3.59. The van der Waals surface area contributed by atoms with E-state index in [2.05, 4.69) is 120 Å². The predicted molar refractivity (Wildman–Crippen MR) is 224 cm³/mol. The number of nitrogens with zero attached hydrogens (tertiary/aromatic N) is 5. The summed E-state index contributed by atoms with van der Waals surface area (Å²) in [5.74, 6) is 1.93. The van der Waals surface area contributed by atoms with Crippen LogP contribution in [0.4, 0.5) is 0 Å². The summed E-state index contributed by atoms with van der Waals surface area (Å²) in [6.07, 6.45) is 0. The van der Waals surface area contributed by atoms with Gasteiger partial charge in [0.1, 0.15) is 4.83 Å². The molecule has 0 bridgehead atoms. The number of rotatable bonds is 5. The molecule has 0 radical (unpaired) electrons. The number of thiophene rings is 1. The largest absolute Gasteiger partial charge is 0.301 e. The summed E-state index contributed by atoms with van der Waals surface area (Å²) in [5, 5.41) is 7.33. The molecule has 54 heavy (non-hydrogen) atoms. The summed E-state index contributed by atoms with van der Waals surface area (Å²) >= 11 is 1.82. The zero-order valence-electron chi connectivity index (χ0n) is 28.9. The summed E-state index contributed by atoms with van der Waals surface area (Å²) in [5.41, 5.74) is 8.19. The van der Waals surface area contributed by atoms with Gasteiger partial charge in [-0.3, -0.25) is 0 Å². The van der Waals surface area contributed by atoms with Gasteiger partial charge < -0.3 is 4.57 Å². The molecule has 5 nitrogen and oxygen atoms in total. The zero-order chi connectivity index (χ0) is 35.6.